The van der Waals surface area contributed by atoms with Gasteiger partial charge in [-0.05, 0) is 85.0 Å². The van der Waals surface area contributed by atoms with E-state index < -0.39 is 10.0 Å². The molecule has 2 aromatic carbocycles. The Morgan fingerprint density at radius 3 is 2.10 bits per heavy atom. The van der Waals surface area contributed by atoms with Gasteiger partial charge in [-0.2, -0.15) is 0 Å². The van der Waals surface area contributed by atoms with Gasteiger partial charge < -0.3 is 4.74 Å². The van der Waals surface area contributed by atoms with Crippen LogP contribution < -0.4 is 9.46 Å². The zero-order valence-electron chi connectivity index (χ0n) is 11.7. The zero-order chi connectivity index (χ0) is 15.5. The van der Waals surface area contributed by atoms with Crippen LogP contribution in [-0.2, 0) is 10.0 Å². The van der Waals surface area contributed by atoms with Crippen LogP contribution in [0.25, 0.3) is 0 Å². The van der Waals surface area contributed by atoms with Crippen LogP contribution in [-0.4, -0.2) is 14.5 Å². The molecule has 0 aliphatic carbocycles. The van der Waals surface area contributed by atoms with Crippen LogP contribution in [0.1, 0.15) is 13.8 Å². The monoisotopic (exact) mass is 417 g/mol. The van der Waals surface area contributed by atoms with Crippen LogP contribution in [0, 0.1) is 3.57 Å². The van der Waals surface area contributed by atoms with Crippen molar-refractivity contribution < 1.29 is 13.2 Å². The Labute approximate surface area is 138 Å². The van der Waals surface area contributed by atoms with Crippen LogP contribution in [0.15, 0.2) is 53.4 Å². The number of benzene rings is 2. The van der Waals surface area contributed by atoms with Crippen molar-refractivity contribution in [2.45, 2.75) is 24.8 Å². The summed E-state index contributed by atoms with van der Waals surface area (Å²) in [5, 5.41) is 0. The summed E-state index contributed by atoms with van der Waals surface area (Å²) in [5.41, 5.74) is 0.504. The van der Waals surface area contributed by atoms with E-state index in [-0.39, 0.29) is 11.0 Å². The first kappa shape index (κ1) is 16.1. The predicted molar refractivity (Wildman–Crippen MR) is 92.2 cm³/mol. The summed E-state index contributed by atoms with van der Waals surface area (Å²) >= 11 is 2.13. The van der Waals surface area contributed by atoms with E-state index in [9.17, 15) is 8.42 Å². The van der Waals surface area contributed by atoms with E-state index in [1.807, 2.05) is 13.8 Å². The molecule has 2 rings (SSSR count). The third-order valence-electron chi connectivity index (χ3n) is 2.60. The highest BCUT2D eigenvalue weighted by molar-refractivity contribution is 14.1. The first-order chi connectivity index (χ1) is 9.87. The molecule has 0 spiro atoms. The second-order valence-corrected chi connectivity index (χ2v) is 7.68. The summed E-state index contributed by atoms with van der Waals surface area (Å²) in [5.74, 6) is 0.710. The lowest BCUT2D eigenvalue weighted by atomic mass is 10.3. The molecule has 0 aliphatic heterocycles. The van der Waals surface area contributed by atoms with E-state index >= 15 is 0 Å². The molecule has 0 saturated heterocycles. The second-order valence-electron chi connectivity index (χ2n) is 4.75. The van der Waals surface area contributed by atoms with Gasteiger partial charge in [0.1, 0.15) is 5.75 Å². The van der Waals surface area contributed by atoms with Gasteiger partial charge in [0.25, 0.3) is 10.0 Å². The summed E-state index contributed by atoms with van der Waals surface area (Å²) in [6.45, 7) is 3.88. The van der Waals surface area contributed by atoms with Crippen LogP contribution in [0.2, 0.25) is 0 Å². The van der Waals surface area contributed by atoms with Gasteiger partial charge in [0.15, 0.2) is 0 Å². The molecule has 0 atom stereocenters. The van der Waals surface area contributed by atoms with Crippen molar-refractivity contribution in [2.75, 3.05) is 4.72 Å². The normalized spacial score (nSPS) is 11.4. The molecule has 4 nitrogen and oxygen atoms in total. The molecule has 0 aromatic heterocycles. The molecule has 21 heavy (non-hydrogen) atoms. The Hall–Kier alpha value is -1.28. The molecule has 0 heterocycles. The Kier molecular flexibility index (Phi) is 5.10. The van der Waals surface area contributed by atoms with E-state index in [4.69, 9.17) is 4.74 Å². The van der Waals surface area contributed by atoms with Gasteiger partial charge in [0.2, 0.25) is 0 Å². The minimum atomic E-state index is -3.56. The van der Waals surface area contributed by atoms with Crippen LogP contribution >= 0.6 is 22.6 Å². The van der Waals surface area contributed by atoms with E-state index in [0.29, 0.717) is 11.4 Å². The molecular formula is C15H16INO3S. The molecule has 6 heteroatoms. The first-order valence-electron chi connectivity index (χ1n) is 6.42. The maximum atomic E-state index is 12.2. The van der Waals surface area contributed by atoms with Crippen molar-refractivity contribution >= 4 is 38.3 Å². The highest BCUT2D eigenvalue weighted by atomic mass is 127. The van der Waals surface area contributed by atoms with E-state index in [2.05, 4.69) is 27.3 Å². The lowest BCUT2D eigenvalue weighted by molar-refractivity contribution is 0.242. The van der Waals surface area contributed by atoms with Crippen molar-refractivity contribution in [3.05, 3.63) is 52.1 Å². The lowest BCUT2D eigenvalue weighted by Crippen LogP contribution is -2.13. The van der Waals surface area contributed by atoms with E-state index in [1.165, 1.54) is 0 Å². The fourth-order valence-electron chi connectivity index (χ4n) is 1.70. The zero-order valence-corrected chi connectivity index (χ0v) is 14.7. The quantitative estimate of drug-likeness (QED) is 0.752. The minimum Gasteiger partial charge on any atom is -0.491 e. The van der Waals surface area contributed by atoms with Crippen molar-refractivity contribution in [1.29, 1.82) is 0 Å². The van der Waals surface area contributed by atoms with Gasteiger partial charge in [-0.15, -0.1) is 0 Å². The van der Waals surface area contributed by atoms with E-state index in [1.54, 1.807) is 48.5 Å². The SMILES string of the molecule is CC(C)Oc1ccc(NS(=O)(=O)c2ccc(I)cc2)cc1. The fraction of sp³-hybridized carbons (Fsp3) is 0.200. The number of anilines is 1. The van der Waals surface area contributed by atoms with Gasteiger partial charge in [0.05, 0.1) is 11.0 Å². The number of rotatable bonds is 5. The third-order valence-corrected chi connectivity index (χ3v) is 4.72. The van der Waals surface area contributed by atoms with E-state index in [0.717, 1.165) is 3.57 Å². The van der Waals surface area contributed by atoms with Crippen molar-refractivity contribution in [3.63, 3.8) is 0 Å². The average Bonchev–Trinajstić information content (AvgIpc) is 2.40. The number of hydrogen-bond acceptors (Lipinski definition) is 3. The molecule has 1 N–H and O–H groups in total. The standard InChI is InChI=1S/C15H16INO3S/c1-11(2)20-14-7-5-13(6-8-14)17-21(18,19)15-9-3-12(16)4-10-15/h3-11,17H,1-2H3. The number of nitrogens with one attached hydrogen (secondary N) is 1. The summed E-state index contributed by atoms with van der Waals surface area (Å²) in [6.07, 6.45) is 0.0827. The summed E-state index contributed by atoms with van der Waals surface area (Å²) in [7, 11) is -3.56. The Morgan fingerprint density at radius 2 is 1.57 bits per heavy atom. The van der Waals surface area contributed by atoms with Crippen LogP contribution in [0.4, 0.5) is 5.69 Å². The summed E-state index contributed by atoms with van der Waals surface area (Å²) in [6, 6.07) is 13.5. The summed E-state index contributed by atoms with van der Waals surface area (Å²) < 4.78 is 33.5. The van der Waals surface area contributed by atoms with Gasteiger partial charge in [-0.3, -0.25) is 4.72 Å². The van der Waals surface area contributed by atoms with Crippen LogP contribution in [0.3, 0.4) is 0 Å². The van der Waals surface area contributed by atoms with Crippen molar-refractivity contribution in [2.24, 2.45) is 0 Å². The Morgan fingerprint density at radius 1 is 1.00 bits per heavy atom. The van der Waals surface area contributed by atoms with Crippen LogP contribution in [0.5, 0.6) is 5.75 Å². The Balaban J connectivity index is 2.15. The van der Waals surface area contributed by atoms with Gasteiger partial charge in [-0.1, -0.05) is 0 Å². The molecule has 112 valence electrons. The molecule has 0 radical (unpaired) electrons. The highest BCUT2D eigenvalue weighted by Crippen LogP contribution is 2.20. The molecule has 2 aromatic rings. The minimum absolute atomic E-state index is 0.0827. The fourth-order valence-corrected chi connectivity index (χ4v) is 3.12. The molecule has 0 fully saturated rings. The molecule has 0 amide bonds. The van der Waals surface area contributed by atoms with Gasteiger partial charge >= 0.3 is 0 Å². The average molecular weight is 417 g/mol. The first-order valence-corrected chi connectivity index (χ1v) is 8.98. The second kappa shape index (κ2) is 6.65. The maximum Gasteiger partial charge on any atom is 0.261 e. The third kappa shape index (κ3) is 4.60. The molecule has 0 aliphatic rings. The number of ether oxygens (including phenoxy) is 1. The Bertz CT molecular complexity index is 695. The number of sulfonamides is 1. The number of halogens is 1. The molecule has 0 bridgehead atoms. The smallest absolute Gasteiger partial charge is 0.261 e. The van der Waals surface area contributed by atoms with Crippen molar-refractivity contribution in [1.82, 2.24) is 0 Å². The highest BCUT2D eigenvalue weighted by Gasteiger charge is 2.13. The number of hydrogen-bond donors (Lipinski definition) is 1. The molecule has 0 unspecified atom stereocenters. The van der Waals surface area contributed by atoms with Gasteiger partial charge in [-0.25, -0.2) is 8.42 Å². The largest absolute Gasteiger partial charge is 0.491 e. The summed E-state index contributed by atoms with van der Waals surface area (Å²) in [4.78, 5) is 0.241. The predicted octanol–water partition coefficient (Wildman–Crippen LogP) is 3.88. The molecule has 0 saturated carbocycles. The van der Waals surface area contributed by atoms with Crippen molar-refractivity contribution in [3.8, 4) is 5.75 Å². The topological polar surface area (TPSA) is 55.4 Å². The maximum absolute atomic E-state index is 12.2. The molecular weight excluding hydrogens is 401 g/mol. The lowest BCUT2D eigenvalue weighted by Gasteiger charge is -2.11. The van der Waals surface area contributed by atoms with Gasteiger partial charge in [0, 0.05) is 9.26 Å².